The van der Waals surface area contributed by atoms with Crippen LogP contribution in [-0.4, -0.2) is 12.2 Å². The van der Waals surface area contributed by atoms with Gasteiger partial charge in [0.2, 0.25) is 0 Å². The van der Waals surface area contributed by atoms with Gasteiger partial charge in [-0.1, -0.05) is 18.2 Å². The second-order valence-electron chi connectivity index (χ2n) is 5.17. The molecule has 0 heterocycles. The maximum Gasteiger partial charge on any atom is 0.0761 e. The lowest BCUT2D eigenvalue weighted by Crippen LogP contribution is -2.10. The highest BCUT2D eigenvalue weighted by Gasteiger charge is 2.06. The largest absolute Gasteiger partial charge is 0.389 e. The van der Waals surface area contributed by atoms with Gasteiger partial charge in [0, 0.05) is 18.4 Å². The van der Waals surface area contributed by atoms with Gasteiger partial charge in [-0.15, -0.1) is 0 Å². The molecular formula is C17H21NO. The van der Waals surface area contributed by atoms with Gasteiger partial charge in [0.15, 0.2) is 0 Å². The lowest BCUT2D eigenvalue weighted by Gasteiger charge is -2.21. The lowest BCUT2D eigenvalue weighted by atomic mass is 10.1. The first-order valence-electron chi connectivity index (χ1n) is 6.57. The third kappa shape index (κ3) is 3.15. The highest BCUT2D eigenvalue weighted by atomic mass is 16.3. The molecule has 2 nitrogen and oxygen atoms in total. The van der Waals surface area contributed by atoms with Gasteiger partial charge in [-0.2, -0.15) is 0 Å². The van der Waals surface area contributed by atoms with Crippen LogP contribution in [-0.2, 0) is 0 Å². The van der Waals surface area contributed by atoms with Crippen molar-refractivity contribution in [2.24, 2.45) is 0 Å². The summed E-state index contributed by atoms with van der Waals surface area (Å²) in [6.45, 7) is 6.00. The number of nitrogens with zero attached hydrogens (tertiary/aromatic N) is 1. The van der Waals surface area contributed by atoms with Crippen molar-refractivity contribution >= 4 is 11.4 Å². The highest BCUT2D eigenvalue weighted by Crippen LogP contribution is 2.26. The Morgan fingerprint density at radius 2 is 1.42 bits per heavy atom. The van der Waals surface area contributed by atoms with Crippen LogP contribution in [0.1, 0.15) is 29.7 Å². The normalized spacial score (nSPS) is 12.3. The zero-order chi connectivity index (χ0) is 14.0. The highest BCUT2D eigenvalue weighted by molar-refractivity contribution is 5.64. The van der Waals surface area contributed by atoms with Gasteiger partial charge < -0.3 is 10.0 Å². The van der Waals surface area contributed by atoms with E-state index in [0.717, 1.165) is 11.3 Å². The molecule has 0 aliphatic carbocycles. The van der Waals surface area contributed by atoms with Crippen molar-refractivity contribution in [3.63, 3.8) is 0 Å². The van der Waals surface area contributed by atoms with Crippen LogP contribution < -0.4 is 4.90 Å². The first-order valence-corrected chi connectivity index (χ1v) is 6.57. The van der Waals surface area contributed by atoms with E-state index in [1.807, 2.05) is 24.3 Å². The standard InChI is InChI=1S/C17H21NO/c1-12-9-13(2)11-17(10-12)18(4)16-7-5-15(6-8-16)14(3)19/h5-11,14,19H,1-4H3/t14-/m1/s1. The summed E-state index contributed by atoms with van der Waals surface area (Å²) in [6, 6.07) is 14.6. The molecule has 0 aromatic heterocycles. The van der Waals surface area contributed by atoms with E-state index >= 15 is 0 Å². The second-order valence-corrected chi connectivity index (χ2v) is 5.17. The summed E-state index contributed by atoms with van der Waals surface area (Å²) in [4.78, 5) is 2.16. The van der Waals surface area contributed by atoms with E-state index in [2.05, 4.69) is 44.0 Å². The fourth-order valence-corrected chi connectivity index (χ4v) is 2.27. The zero-order valence-electron chi connectivity index (χ0n) is 12.0. The van der Waals surface area contributed by atoms with Crippen LogP contribution in [0.4, 0.5) is 11.4 Å². The summed E-state index contributed by atoms with van der Waals surface area (Å²) in [5.41, 5.74) is 5.78. The molecule has 1 N–H and O–H groups in total. The topological polar surface area (TPSA) is 23.5 Å². The van der Waals surface area contributed by atoms with Crippen molar-refractivity contribution < 1.29 is 5.11 Å². The Kier molecular flexibility index (Phi) is 3.91. The van der Waals surface area contributed by atoms with Gasteiger partial charge in [0.05, 0.1) is 6.10 Å². The molecule has 0 aliphatic heterocycles. The lowest BCUT2D eigenvalue weighted by molar-refractivity contribution is 0.199. The smallest absolute Gasteiger partial charge is 0.0761 e. The number of rotatable bonds is 3. The Balaban J connectivity index is 2.30. The van der Waals surface area contributed by atoms with Gasteiger partial charge in [-0.3, -0.25) is 0 Å². The van der Waals surface area contributed by atoms with E-state index in [0.29, 0.717) is 0 Å². The van der Waals surface area contributed by atoms with Crippen molar-refractivity contribution in [2.45, 2.75) is 26.9 Å². The number of aliphatic hydroxyl groups excluding tert-OH is 1. The van der Waals surface area contributed by atoms with Crippen LogP contribution in [0.2, 0.25) is 0 Å². The Labute approximate surface area is 115 Å². The molecule has 2 rings (SSSR count). The van der Waals surface area contributed by atoms with Crippen molar-refractivity contribution in [3.05, 3.63) is 59.2 Å². The van der Waals surface area contributed by atoms with Crippen molar-refractivity contribution in [3.8, 4) is 0 Å². The number of hydrogen-bond donors (Lipinski definition) is 1. The minimum absolute atomic E-state index is 0.416. The van der Waals surface area contributed by atoms with E-state index in [-0.39, 0.29) is 0 Å². The molecular weight excluding hydrogens is 234 g/mol. The van der Waals surface area contributed by atoms with E-state index in [4.69, 9.17) is 0 Å². The molecule has 0 saturated heterocycles. The first-order chi connectivity index (χ1) is 8.97. The summed E-state index contributed by atoms with van der Waals surface area (Å²) in [6.07, 6.45) is -0.416. The Bertz CT molecular complexity index is 538. The maximum absolute atomic E-state index is 9.53. The molecule has 0 radical (unpaired) electrons. The van der Waals surface area contributed by atoms with Crippen LogP contribution in [0.3, 0.4) is 0 Å². The van der Waals surface area contributed by atoms with E-state index in [9.17, 15) is 5.11 Å². The molecule has 0 aliphatic rings. The molecule has 1 atom stereocenters. The van der Waals surface area contributed by atoms with Crippen molar-refractivity contribution in [1.29, 1.82) is 0 Å². The molecule has 100 valence electrons. The predicted molar refractivity (Wildman–Crippen MR) is 81.1 cm³/mol. The summed E-state index contributed by atoms with van der Waals surface area (Å²) in [5, 5.41) is 9.53. The molecule has 0 spiro atoms. The van der Waals surface area contributed by atoms with Crippen LogP contribution >= 0.6 is 0 Å². The molecule has 0 amide bonds. The van der Waals surface area contributed by atoms with Crippen LogP contribution in [0.15, 0.2) is 42.5 Å². The summed E-state index contributed by atoms with van der Waals surface area (Å²) in [5.74, 6) is 0. The summed E-state index contributed by atoms with van der Waals surface area (Å²) < 4.78 is 0. The zero-order valence-corrected chi connectivity index (χ0v) is 12.0. The molecule has 0 fully saturated rings. The third-order valence-electron chi connectivity index (χ3n) is 3.36. The minimum Gasteiger partial charge on any atom is -0.389 e. The quantitative estimate of drug-likeness (QED) is 0.891. The summed E-state index contributed by atoms with van der Waals surface area (Å²) in [7, 11) is 2.06. The number of hydrogen-bond acceptors (Lipinski definition) is 2. The minimum atomic E-state index is -0.416. The molecule has 0 saturated carbocycles. The van der Waals surface area contributed by atoms with Gasteiger partial charge in [0.1, 0.15) is 0 Å². The monoisotopic (exact) mass is 255 g/mol. The van der Waals surface area contributed by atoms with Gasteiger partial charge >= 0.3 is 0 Å². The van der Waals surface area contributed by atoms with Crippen LogP contribution in [0, 0.1) is 13.8 Å². The molecule has 2 heteroatoms. The van der Waals surface area contributed by atoms with Crippen molar-refractivity contribution in [1.82, 2.24) is 0 Å². The van der Waals surface area contributed by atoms with Gasteiger partial charge in [-0.25, -0.2) is 0 Å². The van der Waals surface area contributed by atoms with E-state index in [1.165, 1.54) is 16.8 Å². The molecule has 2 aromatic carbocycles. The van der Waals surface area contributed by atoms with E-state index in [1.54, 1.807) is 6.92 Å². The molecule has 0 unspecified atom stereocenters. The fraction of sp³-hybridized carbons (Fsp3) is 0.294. The summed E-state index contributed by atoms with van der Waals surface area (Å²) >= 11 is 0. The van der Waals surface area contributed by atoms with E-state index < -0.39 is 6.10 Å². The van der Waals surface area contributed by atoms with Crippen LogP contribution in [0.25, 0.3) is 0 Å². The number of aliphatic hydroxyl groups is 1. The Morgan fingerprint density at radius 1 is 0.895 bits per heavy atom. The van der Waals surface area contributed by atoms with Gasteiger partial charge in [-0.05, 0) is 61.7 Å². The maximum atomic E-state index is 9.53. The SMILES string of the molecule is Cc1cc(C)cc(N(C)c2ccc([C@@H](C)O)cc2)c1. The van der Waals surface area contributed by atoms with Gasteiger partial charge in [0.25, 0.3) is 0 Å². The average molecular weight is 255 g/mol. The predicted octanol–water partition coefficient (Wildman–Crippen LogP) is 4.12. The number of anilines is 2. The Hall–Kier alpha value is -1.80. The molecule has 0 bridgehead atoms. The fourth-order valence-electron chi connectivity index (χ4n) is 2.27. The molecule has 19 heavy (non-hydrogen) atoms. The second kappa shape index (κ2) is 5.45. The van der Waals surface area contributed by atoms with Crippen molar-refractivity contribution in [2.75, 3.05) is 11.9 Å². The first kappa shape index (κ1) is 13.6. The van der Waals surface area contributed by atoms with Crippen LogP contribution in [0.5, 0.6) is 0 Å². The third-order valence-corrected chi connectivity index (χ3v) is 3.36. The number of benzene rings is 2. The molecule has 2 aromatic rings. The number of aryl methyl sites for hydroxylation is 2. The Morgan fingerprint density at radius 3 is 1.89 bits per heavy atom. The average Bonchev–Trinajstić information content (AvgIpc) is 2.37.